The van der Waals surface area contributed by atoms with E-state index in [0.717, 1.165) is 49.1 Å². The SMILES string of the molecule is Cl.Cn1ccnc1CN(C(=O)c1n[nH]c2ccccc12)C1CC12CCNCC2. The third kappa shape index (κ3) is 3.08. The van der Waals surface area contributed by atoms with Gasteiger partial charge in [-0.25, -0.2) is 4.98 Å². The molecule has 0 radical (unpaired) electrons. The molecule has 2 fully saturated rings. The van der Waals surface area contributed by atoms with Crippen LogP contribution in [-0.2, 0) is 13.6 Å². The number of fused-ring (bicyclic) bond motifs is 1. The third-order valence-electron chi connectivity index (χ3n) is 6.29. The van der Waals surface area contributed by atoms with Gasteiger partial charge in [-0.1, -0.05) is 18.2 Å². The highest BCUT2D eigenvalue weighted by Gasteiger charge is 2.58. The van der Waals surface area contributed by atoms with E-state index in [9.17, 15) is 4.79 Å². The number of hydrogen-bond donors (Lipinski definition) is 2. The predicted molar refractivity (Wildman–Crippen MR) is 109 cm³/mol. The van der Waals surface area contributed by atoms with Gasteiger partial charge in [0.2, 0.25) is 0 Å². The second-order valence-electron chi connectivity index (χ2n) is 7.84. The zero-order chi connectivity index (χ0) is 18.4. The molecule has 1 unspecified atom stereocenters. The van der Waals surface area contributed by atoms with Gasteiger partial charge < -0.3 is 14.8 Å². The second-order valence-corrected chi connectivity index (χ2v) is 7.84. The Bertz CT molecular complexity index is 989. The molecule has 1 amide bonds. The van der Waals surface area contributed by atoms with E-state index in [-0.39, 0.29) is 29.8 Å². The number of H-pyrrole nitrogens is 1. The van der Waals surface area contributed by atoms with Crippen molar-refractivity contribution in [1.82, 2.24) is 30.0 Å². The van der Waals surface area contributed by atoms with Crippen LogP contribution in [0.25, 0.3) is 10.9 Å². The number of aromatic nitrogens is 4. The topological polar surface area (TPSA) is 78.8 Å². The van der Waals surface area contributed by atoms with Crippen molar-refractivity contribution >= 4 is 29.2 Å². The highest BCUT2D eigenvalue weighted by atomic mass is 35.5. The summed E-state index contributed by atoms with van der Waals surface area (Å²) in [6.07, 6.45) is 7.05. The van der Waals surface area contributed by atoms with Gasteiger partial charge in [0.25, 0.3) is 5.91 Å². The first-order valence-electron chi connectivity index (χ1n) is 9.59. The molecule has 0 bridgehead atoms. The van der Waals surface area contributed by atoms with E-state index in [1.54, 1.807) is 6.20 Å². The predicted octanol–water partition coefficient (Wildman–Crippen LogP) is 2.50. The van der Waals surface area contributed by atoms with Gasteiger partial charge in [0, 0.05) is 30.9 Å². The Kier molecular flexibility index (Phi) is 4.89. The molecule has 1 aromatic carbocycles. The molecule has 1 atom stereocenters. The number of rotatable bonds is 4. The lowest BCUT2D eigenvalue weighted by Gasteiger charge is -2.29. The normalized spacial score (nSPS) is 20.1. The highest BCUT2D eigenvalue weighted by molar-refractivity contribution is 6.04. The van der Waals surface area contributed by atoms with Crippen molar-refractivity contribution in [3.05, 3.63) is 48.2 Å². The number of aryl methyl sites for hydroxylation is 1. The summed E-state index contributed by atoms with van der Waals surface area (Å²) < 4.78 is 1.99. The van der Waals surface area contributed by atoms with Crippen LogP contribution in [0.2, 0.25) is 0 Å². The molecule has 2 N–H and O–H groups in total. The lowest BCUT2D eigenvalue weighted by atomic mass is 9.93. The molecule has 1 saturated heterocycles. The lowest BCUT2D eigenvalue weighted by molar-refractivity contribution is 0.0681. The molecule has 5 rings (SSSR count). The summed E-state index contributed by atoms with van der Waals surface area (Å²) in [5.74, 6) is 0.898. The Morgan fingerprint density at radius 3 is 2.86 bits per heavy atom. The minimum Gasteiger partial charge on any atom is -0.337 e. The van der Waals surface area contributed by atoms with Crippen LogP contribution in [0, 0.1) is 5.41 Å². The maximum Gasteiger partial charge on any atom is 0.275 e. The van der Waals surface area contributed by atoms with Gasteiger partial charge in [0.05, 0.1) is 12.1 Å². The van der Waals surface area contributed by atoms with Crippen LogP contribution in [0.4, 0.5) is 0 Å². The minimum atomic E-state index is -0.00384. The average Bonchev–Trinajstić information content (AvgIpc) is 3.04. The number of hydrogen-bond acceptors (Lipinski definition) is 4. The van der Waals surface area contributed by atoms with Gasteiger partial charge in [-0.15, -0.1) is 12.4 Å². The fourth-order valence-electron chi connectivity index (χ4n) is 4.52. The third-order valence-corrected chi connectivity index (χ3v) is 6.29. The molecule has 7 nitrogen and oxygen atoms in total. The van der Waals surface area contributed by atoms with Gasteiger partial charge in [0.15, 0.2) is 5.69 Å². The summed E-state index contributed by atoms with van der Waals surface area (Å²) in [6.45, 7) is 2.59. The molecular formula is C20H25ClN6O. The van der Waals surface area contributed by atoms with Crippen LogP contribution in [0.3, 0.4) is 0 Å². The first kappa shape index (κ1) is 19.0. The molecular weight excluding hydrogens is 376 g/mol. The number of para-hydroxylation sites is 1. The first-order valence-corrected chi connectivity index (χ1v) is 9.59. The van der Waals surface area contributed by atoms with Crippen LogP contribution in [0.1, 0.15) is 35.6 Å². The maximum atomic E-state index is 13.6. The Hall–Kier alpha value is -2.38. The van der Waals surface area contributed by atoms with E-state index >= 15 is 0 Å². The molecule has 3 aromatic rings. The summed E-state index contributed by atoms with van der Waals surface area (Å²) in [5.41, 5.74) is 1.67. The summed E-state index contributed by atoms with van der Waals surface area (Å²) >= 11 is 0. The summed E-state index contributed by atoms with van der Waals surface area (Å²) in [7, 11) is 1.97. The zero-order valence-electron chi connectivity index (χ0n) is 15.9. The van der Waals surface area contributed by atoms with E-state index in [1.807, 2.05) is 47.0 Å². The molecule has 1 aliphatic carbocycles. The number of nitrogens with zero attached hydrogens (tertiary/aromatic N) is 4. The standard InChI is InChI=1S/C20H24N6O.ClH/c1-25-11-10-22-17(25)13-26(16-12-20(16)6-8-21-9-7-20)19(27)18-14-4-2-3-5-15(14)23-24-18;/h2-5,10-11,16,21H,6-9,12-13H2,1H3,(H,23,24);1H. The van der Waals surface area contributed by atoms with Crippen LogP contribution in [-0.4, -0.2) is 49.7 Å². The van der Waals surface area contributed by atoms with Crippen LogP contribution < -0.4 is 5.32 Å². The number of carbonyl (C=O) groups is 1. The maximum absolute atomic E-state index is 13.6. The monoisotopic (exact) mass is 400 g/mol. The lowest BCUT2D eigenvalue weighted by Crippen LogP contribution is -2.39. The van der Waals surface area contributed by atoms with Crippen molar-refractivity contribution in [1.29, 1.82) is 0 Å². The molecule has 28 heavy (non-hydrogen) atoms. The number of carbonyl (C=O) groups excluding carboxylic acids is 1. The van der Waals surface area contributed by atoms with Gasteiger partial charge >= 0.3 is 0 Å². The smallest absolute Gasteiger partial charge is 0.275 e. The van der Waals surface area contributed by atoms with Crippen LogP contribution in [0.15, 0.2) is 36.7 Å². The highest BCUT2D eigenvalue weighted by Crippen LogP contribution is 2.56. The number of nitrogens with one attached hydrogen (secondary N) is 2. The van der Waals surface area contributed by atoms with Gasteiger partial charge in [-0.2, -0.15) is 5.10 Å². The van der Waals surface area contributed by atoms with Crippen LogP contribution in [0.5, 0.6) is 0 Å². The average molecular weight is 401 g/mol. The number of piperidine rings is 1. The number of benzene rings is 1. The molecule has 8 heteroatoms. The number of aromatic amines is 1. The van der Waals surface area contributed by atoms with E-state index in [2.05, 4.69) is 20.5 Å². The van der Waals surface area contributed by atoms with E-state index in [4.69, 9.17) is 0 Å². The Morgan fingerprint density at radius 2 is 2.11 bits per heavy atom. The summed E-state index contributed by atoms with van der Waals surface area (Å²) in [5, 5.41) is 11.7. The second kappa shape index (κ2) is 7.22. The summed E-state index contributed by atoms with van der Waals surface area (Å²) in [6, 6.07) is 8.07. The Morgan fingerprint density at radius 1 is 1.32 bits per heavy atom. The van der Waals surface area contributed by atoms with Crippen LogP contribution >= 0.6 is 12.4 Å². The van der Waals surface area contributed by atoms with Crippen molar-refractivity contribution in [2.45, 2.75) is 31.8 Å². The molecule has 1 aliphatic heterocycles. The van der Waals surface area contributed by atoms with Gasteiger partial charge in [0.1, 0.15) is 5.82 Å². The molecule has 3 heterocycles. The van der Waals surface area contributed by atoms with E-state index in [0.29, 0.717) is 12.2 Å². The number of amides is 1. The molecule has 1 saturated carbocycles. The fraction of sp³-hybridized carbons (Fsp3) is 0.450. The minimum absolute atomic E-state index is 0. The number of imidazole rings is 1. The Balaban J connectivity index is 0.00000192. The first-order chi connectivity index (χ1) is 13.2. The van der Waals surface area contributed by atoms with Gasteiger partial charge in [-0.05, 0) is 43.8 Å². The van der Waals surface area contributed by atoms with E-state index < -0.39 is 0 Å². The molecule has 2 aromatic heterocycles. The van der Waals surface area contributed by atoms with Crippen molar-refractivity contribution in [3.63, 3.8) is 0 Å². The molecule has 1 spiro atoms. The fourth-order valence-corrected chi connectivity index (χ4v) is 4.52. The van der Waals surface area contributed by atoms with Crippen molar-refractivity contribution in [3.8, 4) is 0 Å². The van der Waals surface area contributed by atoms with Crippen molar-refractivity contribution < 1.29 is 4.79 Å². The largest absolute Gasteiger partial charge is 0.337 e. The number of halogens is 1. The Labute approximate surface area is 169 Å². The molecule has 2 aliphatic rings. The quantitative estimate of drug-likeness (QED) is 0.705. The zero-order valence-corrected chi connectivity index (χ0v) is 16.7. The van der Waals surface area contributed by atoms with E-state index in [1.165, 1.54) is 0 Å². The van der Waals surface area contributed by atoms with Crippen molar-refractivity contribution in [2.24, 2.45) is 12.5 Å². The molecule has 148 valence electrons. The van der Waals surface area contributed by atoms with Crippen molar-refractivity contribution in [2.75, 3.05) is 13.1 Å². The summed E-state index contributed by atoms with van der Waals surface area (Å²) in [4.78, 5) is 20.0. The van der Waals surface area contributed by atoms with Gasteiger partial charge in [-0.3, -0.25) is 9.89 Å².